The molecule has 7 nitrogen and oxygen atoms in total. The lowest BCUT2D eigenvalue weighted by Crippen LogP contribution is -2.48. The maximum Gasteiger partial charge on any atom is 0.408 e. The van der Waals surface area contributed by atoms with Gasteiger partial charge < -0.3 is 25.2 Å². The van der Waals surface area contributed by atoms with E-state index in [-0.39, 0.29) is 13.2 Å². The molecule has 0 bridgehead atoms. The maximum atomic E-state index is 11.5. The third kappa shape index (κ3) is 10.4. The highest BCUT2D eigenvalue weighted by Crippen LogP contribution is 2.07. The van der Waals surface area contributed by atoms with E-state index in [0.717, 1.165) is 0 Å². The summed E-state index contributed by atoms with van der Waals surface area (Å²) >= 11 is 0. The minimum absolute atomic E-state index is 0.0463. The topological polar surface area (TPSA) is 96.9 Å². The molecule has 0 aliphatic heterocycles. The van der Waals surface area contributed by atoms with E-state index in [4.69, 9.17) is 14.6 Å². The average Bonchev–Trinajstić information content (AvgIpc) is 2.18. The van der Waals surface area contributed by atoms with Crippen LogP contribution in [0.15, 0.2) is 0 Å². The smallest absolute Gasteiger partial charge is 0.408 e. The monoisotopic (exact) mass is 290 g/mol. The van der Waals surface area contributed by atoms with Gasteiger partial charge >= 0.3 is 12.2 Å². The molecule has 2 amide bonds. The highest BCUT2D eigenvalue weighted by atomic mass is 16.6. The van der Waals surface area contributed by atoms with Crippen LogP contribution in [0.25, 0.3) is 0 Å². The summed E-state index contributed by atoms with van der Waals surface area (Å²) in [7, 11) is 0. The first-order valence-corrected chi connectivity index (χ1v) is 6.50. The molecule has 118 valence electrons. The highest BCUT2D eigenvalue weighted by Gasteiger charge is 2.21. The van der Waals surface area contributed by atoms with Crippen molar-refractivity contribution in [1.29, 1.82) is 0 Å². The summed E-state index contributed by atoms with van der Waals surface area (Å²) in [5.41, 5.74) is -1.22. The molecule has 0 radical (unpaired) electrons. The van der Waals surface area contributed by atoms with Crippen molar-refractivity contribution in [3.05, 3.63) is 0 Å². The van der Waals surface area contributed by atoms with Crippen LogP contribution in [0.4, 0.5) is 9.59 Å². The van der Waals surface area contributed by atoms with Gasteiger partial charge in [0, 0.05) is 6.54 Å². The van der Waals surface area contributed by atoms with E-state index in [1.807, 2.05) is 0 Å². The number of hydrogen-bond acceptors (Lipinski definition) is 5. The molecule has 1 atom stereocenters. The van der Waals surface area contributed by atoms with Gasteiger partial charge in [-0.1, -0.05) is 0 Å². The van der Waals surface area contributed by atoms with Crippen LogP contribution in [0, 0.1) is 0 Å². The first kappa shape index (κ1) is 18.5. The molecule has 0 heterocycles. The summed E-state index contributed by atoms with van der Waals surface area (Å²) in [6.07, 6.45) is -1.26. The van der Waals surface area contributed by atoms with Crippen LogP contribution < -0.4 is 10.6 Å². The standard InChI is InChI=1S/C13H26N2O5/c1-12(2,3)19-10(17)14-7-9(8-16)15-11(18)20-13(4,5)6/h9,16H,7-8H2,1-6H3,(H,14,17)(H,15,18)/t9-/m0/s1. The number of alkyl carbamates (subject to hydrolysis) is 2. The number of amides is 2. The van der Waals surface area contributed by atoms with Gasteiger partial charge in [0.25, 0.3) is 0 Å². The Hall–Kier alpha value is -1.50. The molecular weight excluding hydrogens is 264 g/mol. The lowest BCUT2D eigenvalue weighted by Gasteiger charge is -2.24. The summed E-state index contributed by atoms with van der Waals surface area (Å²) in [6, 6.07) is -0.641. The summed E-state index contributed by atoms with van der Waals surface area (Å²) in [5, 5.41) is 14.1. The molecule has 0 fully saturated rings. The van der Waals surface area contributed by atoms with Crippen LogP contribution in [0.2, 0.25) is 0 Å². The first-order chi connectivity index (χ1) is 8.93. The highest BCUT2D eigenvalue weighted by molar-refractivity contribution is 5.69. The largest absolute Gasteiger partial charge is 0.444 e. The minimum Gasteiger partial charge on any atom is -0.444 e. The predicted octanol–water partition coefficient (Wildman–Crippen LogP) is 1.40. The van der Waals surface area contributed by atoms with Crippen LogP contribution in [0.1, 0.15) is 41.5 Å². The fraction of sp³-hybridized carbons (Fsp3) is 0.846. The van der Waals surface area contributed by atoms with E-state index in [9.17, 15) is 9.59 Å². The molecule has 0 aliphatic rings. The van der Waals surface area contributed by atoms with E-state index in [1.54, 1.807) is 41.5 Å². The summed E-state index contributed by atoms with van der Waals surface area (Å²) in [5.74, 6) is 0. The molecule has 7 heteroatoms. The van der Waals surface area contributed by atoms with Gasteiger partial charge in [-0.15, -0.1) is 0 Å². The van der Waals surface area contributed by atoms with E-state index in [1.165, 1.54) is 0 Å². The second-order valence-electron chi connectivity index (χ2n) is 6.41. The van der Waals surface area contributed by atoms with Crippen molar-refractivity contribution in [3.63, 3.8) is 0 Å². The summed E-state index contributed by atoms with van der Waals surface area (Å²) < 4.78 is 10.1. The second kappa shape index (κ2) is 7.33. The maximum absolute atomic E-state index is 11.5. The number of aliphatic hydroxyl groups is 1. The van der Waals surface area contributed by atoms with Crippen LogP contribution >= 0.6 is 0 Å². The average molecular weight is 290 g/mol. The van der Waals surface area contributed by atoms with Crippen molar-refractivity contribution in [2.24, 2.45) is 0 Å². The number of carbonyl (C=O) groups is 2. The molecule has 0 aromatic heterocycles. The quantitative estimate of drug-likeness (QED) is 0.727. The molecule has 0 saturated heterocycles. The zero-order chi connectivity index (χ0) is 16.0. The van der Waals surface area contributed by atoms with Gasteiger partial charge in [0.2, 0.25) is 0 Å². The molecule has 0 unspecified atom stereocenters. The van der Waals surface area contributed by atoms with Crippen LogP contribution in [-0.2, 0) is 9.47 Å². The number of carbonyl (C=O) groups excluding carboxylic acids is 2. The van der Waals surface area contributed by atoms with E-state index in [2.05, 4.69) is 10.6 Å². The third-order valence-electron chi connectivity index (χ3n) is 1.83. The molecule has 0 aromatic rings. The van der Waals surface area contributed by atoms with Crippen molar-refractivity contribution in [1.82, 2.24) is 10.6 Å². The van der Waals surface area contributed by atoms with Crippen molar-refractivity contribution >= 4 is 12.2 Å². The summed E-state index contributed by atoms with van der Waals surface area (Å²) in [6.45, 7) is 10.2. The molecule has 0 saturated carbocycles. The van der Waals surface area contributed by atoms with Gasteiger partial charge in [-0.25, -0.2) is 9.59 Å². The zero-order valence-electron chi connectivity index (χ0n) is 13.1. The Morgan fingerprint density at radius 2 is 1.45 bits per heavy atom. The molecule has 0 rings (SSSR count). The lowest BCUT2D eigenvalue weighted by atomic mass is 10.2. The van der Waals surface area contributed by atoms with E-state index in [0.29, 0.717) is 0 Å². The van der Waals surface area contributed by atoms with Crippen molar-refractivity contribution in [3.8, 4) is 0 Å². The Bertz CT molecular complexity index is 331. The van der Waals surface area contributed by atoms with Gasteiger partial charge in [0.05, 0.1) is 12.6 Å². The van der Waals surface area contributed by atoms with Crippen LogP contribution in [-0.4, -0.2) is 47.7 Å². The number of rotatable bonds is 4. The minimum atomic E-state index is -0.650. The summed E-state index contributed by atoms with van der Waals surface area (Å²) in [4.78, 5) is 22.9. The Labute approximate surface area is 120 Å². The van der Waals surface area contributed by atoms with Gasteiger partial charge in [-0.2, -0.15) is 0 Å². The fourth-order valence-electron chi connectivity index (χ4n) is 1.16. The Balaban J connectivity index is 4.17. The number of aliphatic hydroxyl groups excluding tert-OH is 1. The molecular formula is C13H26N2O5. The van der Waals surface area contributed by atoms with E-state index >= 15 is 0 Å². The lowest BCUT2D eigenvalue weighted by molar-refractivity contribution is 0.0442. The third-order valence-corrected chi connectivity index (χ3v) is 1.83. The molecule has 0 aromatic carbocycles. The number of ether oxygens (including phenoxy) is 2. The van der Waals surface area contributed by atoms with Gasteiger partial charge in [-0.05, 0) is 41.5 Å². The Morgan fingerprint density at radius 3 is 1.85 bits per heavy atom. The predicted molar refractivity (Wildman–Crippen MR) is 74.5 cm³/mol. The van der Waals surface area contributed by atoms with Gasteiger partial charge in [-0.3, -0.25) is 0 Å². The van der Waals surface area contributed by atoms with Crippen molar-refractivity contribution < 1.29 is 24.2 Å². The van der Waals surface area contributed by atoms with Gasteiger partial charge in [0.15, 0.2) is 0 Å². The van der Waals surface area contributed by atoms with E-state index < -0.39 is 29.4 Å². The zero-order valence-corrected chi connectivity index (χ0v) is 13.1. The molecule has 0 spiro atoms. The van der Waals surface area contributed by atoms with Crippen molar-refractivity contribution in [2.45, 2.75) is 58.8 Å². The SMILES string of the molecule is CC(C)(C)OC(=O)NC[C@@H](CO)NC(=O)OC(C)(C)C. The number of hydrogen-bond donors (Lipinski definition) is 3. The van der Waals surface area contributed by atoms with Crippen molar-refractivity contribution in [2.75, 3.05) is 13.2 Å². The van der Waals surface area contributed by atoms with Gasteiger partial charge in [0.1, 0.15) is 11.2 Å². The Kier molecular flexibility index (Phi) is 6.78. The second-order valence-corrected chi connectivity index (χ2v) is 6.41. The molecule has 3 N–H and O–H groups in total. The normalized spacial score (nSPS) is 13.3. The van der Waals surface area contributed by atoms with Crippen LogP contribution in [0.5, 0.6) is 0 Å². The Morgan fingerprint density at radius 1 is 1.00 bits per heavy atom. The van der Waals surface area contributed by atoms with Crippen LogP contribution in [0.3, 0.4) is 0 Å². The molecule has 0 aliphatic carbocycles. The number of nitrogens with one attached hydrogen (secondary N) is 2. The first-order valence-electron chi connectivity index (χ1n) is 6.50. The fourth-order valence-corrected chi connectivity index (χ4v) is 1.16. The molecule has 20 heavy (non-hydrogen) atoms.